The van der Waals surface area contributed by atoms with Crippen LogP contribution in [-0.4, -0.2) is 71.9 Å². The van der Waals surface area contributed by atoms with Crippen LogP contribution in [-0.2, 0) is 9.47 Å². The van der Waals surface area contributed by atoms with Crippen LogP contribution in [0.4, 0.5) is 22.1 Å². The minimum absolute atomic E-state index is 0.0978. The number of carbonyl (C=O) groups is 2. The second-order valence-electron chi connectivity index (χ2n) is 9.88. The number of piperidine rings is 1. The molecule has 188 valence electrons. The van der Waals surface area contributed by atoms with Crippen molar-refractivity contribution in [2.75, 3.05) is 49.6 Å². The SMILES string of the molecule is CC(C)(C)OC(=O)N1CCC(c2ccc(Nc3nc(N4CCOCC4)cnc3C(N)=O)cc2)CC1. The number of rotatable bonds is 5. The second-order valence-corrected chi connectivity index (χ2v) is 9.88. The fraction of sp³-hybridized carbons (Fsp3) is 0.520. The van der Waals surface area contributed by atoms with Gasteiger partial charge in [0.05, 0.1) is 19.4 Å². The Kier molecular flexibility index (Phi) is 7.39. The lowest BCUT2D eigenvalue weighted by Gasteiger charge is -2.33. The van der Waals surface area contributed by atoms with Crippen LogP contribution < -0.4 is 16.0 Å². The highest BCUT2D eigenvalue weighted by Gasteiger charge is 2.27. The molecular weight excluding hydrogens is 448 g/mol. The number of aromatic nitrogens is 2. The number of morpholine rings is 1. The molecule has 10 nitrogen and oxygen atoms in total. The summed E-state index contributed by atoms with van der Waals surface area (Å²) < 4.78 is 10.9. The number of carbonyl (C=O) groups excluding carboxylic acids is 2. The second kappa shape index (κ2) is 10.5. The van der Waals surface area contributed by atoms with Gasteiger partial charge in [0.2, 0.25) is 0 Å². The molecule has 0 aliphatic carbocycles. The minimum atomic E-state index is -0.637. The van der Waals surface area contributed by atoms with E-state index < -0.39 is 11.5 Å². The summed E-state index contributed by atoms with van der Waals surface area (Å²) in [5, 5.41) is 3.21. The van der Waals surface area contributed by atoms with E-state index in [4.69, 9.17) is 15.2 Å². The molecule has 1 aromatic heterocycles. The van der Waals surface area contributed by atoms with Gasteiger partial charge >= 0.3 is 6.09 Å². The Morgan fingerprint density at radius 1 is 1.09 bits per heavy atom. The Hall–Kier alpha value is -3.40. The van der Waals surface area contributed by atoms with E-state index in [0.29, 0.717) is 56.9 Å². The minimum Gasteiger partial charge on any atom is -0.444 e. The van der Waals surface area contributed by atoms with Crippen LogP contribution in [0.25, 0.3) is 0 Å². The number of nitrogens with zero attached hydrogens (tertiary/aromatic N) is 4. The molecule has 2 amide bonds. The Balaban J connectivity index is 1.40. The van der Waals surface area contributed by atoms with E-state index in [0.717, 1.165) is 18.5 Å². The van der Waals surface area contributed by atoms with Crippen molar-refractivity contribution >= 4 is 29.3 Å². The van der Waals surface area contributed by atoms with Gasteiger partial charge in [-0.1, -0.05) is 12.1 Å². The molecule has 2 aliphatic heterocycles. The van der Waals surface area contributed by atoms with Gasteiger partial charge in [-0.3, -0.25) is 4.79 Å². The van der Waals surface area contributed by atoms with Gasteiger partial charge in [-0.25, -0.2) is 14.8 Å². The van der Waals surface area contributed by atoms with Crippen LogP contribution in [0.5, 0.6) is 0 Å². The predicted molar refractivity (Wildman–Crippen MR) is 133 cm³/mol. The first-order chi connectivity index (χ1) is 16.7. The highest BCUT2D eigenvalue weighted by Crippen LogP contribution is 2.30. The topological polar surface area (TPSA) is 123 Å². The number of nitrogens with one attached hydrogen (secondary N) is 1. The molecule has 3 heterocycles. The number of nitrogens with two attached hydrogens (primary N) is 1. The Morgan fingerprint density at radius 3 is 2.34 bits per heavy atom. The zero-order valence-corrected chi connectivity index (χ0v) is 20.6. The third kappa shape index (κ3) is 6.39. The van der Waals surface area contributed by atoms with Crippen molar-refractivity contribution < 1.29 is 19.1 Å². The van der Waals surface area contributed by atoms with Gasteiger partial charge in [0, 0.05) is 31.9 Å². The number of anilines is 3. The van der Waals surface area contributed by atoms with Crippen molar-refractivity contribution in [3.8, 4) is 0 Å². The molecule has 3 N–H and O–H groups in total. The van der Waals surface area contributed by atoms with E-state index in [1.807, 2.05) is 32.9 Å². The molecule has 1 aromatic carbocycles. The lowest BCUT2D eigenvalue weighted by atomic mass is 9.89. The van der Waals surface area contributed by atoms with Crippen molar-refractivity contribution in [1.82, 2.24) is 14.9 Å². The Morgan fingerprint density at radius 2 is 1.74 bits per heavy atom. The maximum absolute atomic E-state index is 12.3. The molecule has 0 atom stereocenters. The summed E-state index contributed by atoms with van der Waals surface area (Å²) >= 11 is 0. The zero-order chi connectivity index (χ0) is 25.0. The molecule has 0 saturated carbocycles. The lowest BCUT2D eigenvalue weighted by Crippen LogP contribution is -2.41. The summed E-state index contributed by atoms with van der Waals surface area (Å²) in [6.07, 6.45) is 3.08. The van der Waals surface area contributed by atoms with Crippen molar-refractivity contribution in [3.63, 3.8) is 0 Å². The van der Waals surface area contributed by atoms with Gasteiger partial charge in [-0.05, 0) is 57.2 Å². The fourth-order valence-corrected chi connectivity index (χ4v) is 4.29. The third-order valence-electron chi connectivity index (χ3n) is 6.12. The van der Waals surface area contributed by atoms with Gasteiger partial charge in [-0.2, -0.15) is 0 Å². The molecule has 35 heavy (non-hydrogen) atoms. The largest absolute Gasteiger partial charge is 0.444 e. The number of benzene rings is 1. The monoisotopic (exact) mass is 482 g/mol. The standard InChI is InChI=1S/C25H34N6O4/c1-25(2,3)35-24(33)31-10-8-18(9-11-31)17-4-6-19(7-5-17)28-23-21(22(26)32)27-16-20(29-23)30-12-14-34-15-13-30/h4-7,16,18H,8-15H2,1-3H3,(H2,26,32)(H,28,29). The van der Waals surface area contributed by atoms with Crippen LogP contribution in [0.15, 0.2) is 30.5 Å². The number of ether oxygens (including phenoxy) is 2. The number of amides is 2. The molecule has 2 fully saturated rings. The Bertz CT molecular complexity index is 1040. The number of hydrogen-bond donors (Lipinski definition) is 2. The zero-order valence-electron chi connectivity index (χ0n) is 20.6. The van der Waals surface area contributed by atoms with Crippen LogP contribution in [0, 0.1) is 0 Å². The first-order valence-corrected chi connectivity index (χ1v) is 12.0. The predicted octanol–water partition coefficient (Wildman–Crippen LogP) is 3.27. The molecule has 2 aromatic rings. The van der Waals surface area contributed by atoms with E-state index in [2.05, 4.69) is 32.3 Å². The fourth-order valence-electron chi connectivity index (χ4n) is 4.29. The first-order valence-electron chi connectivity index (χ1n) is 12.0. The van der Waals surface area contributed by atoms with Crippen LogP contribution >= 0.6 is 0 Å². The molecule has 0 bridgehead atoms. The van der Waals surface area contributed by atoms with E-state index in [9.17, 15) is 9.59 Å². The van der Waals surface area contributed by atoms with Crippen molar-refractivity contribution in [3.05, 3.63) is 41.7 Å². The van der Waals surface area contributed by atoms with Crippen molar-refractivity contribution in [2.45, 2.75) is 45.1 Å². The normalized spacial score (nSPS) is 17.2. The molecule has 2 aliphatic rings. The average molecular weight is 483 g/mol. The number of primary amides is 1. The lowest BCUT2D eigenvalue weighted by molar-refractivity contribution is 0.0204. The first kappa shape index (κ1) is 24.7. The van der Waals surface area contributed by atoms with E-state index >= 15 is 0 Å². The Labute approximate surface area is 205 Å². The molecule has 2 saturated heterocycles. The highest BCUT2D eigenvalue weighted by atomic mass is 16.6. The van der Waals surface area contributed by atoms with Gasteiger partial charge in [0.25, 0.3) is 5.91 Å². The molecule has 0 radical (unpaired) electrons. The van der Waals surface area contributed by atoms with Gasteiger partial charge in [0.1, 0.15) is 11.4 Å². The molecule has 0 spiro atoms. The van der Waals surface area contributed by atoms with Crippen molar-refractivity contribution in [2.24, 2.45) is 5.73 Å². The van der Waals surface area contributed by atoms with E-state index in [-0.39, 0.29) is 11.8 Å². The summed E-state index contributed by atoms with van der Waals surface area (Å²) in [5.74, 6) is 0.740. The summed E-state index contributed by atoms with van der Waals surface area (Å²) in [7, 11) is 0. The van der Waals surface area contributed by atoms with Crippen LogP contribution in [0.1, 0.15) is 55.6 Å². The van der Waals surface area contributed by atoms with Gasteiger partial charge < -0.3 is 30.3 Å². The maximum Gasteiger partial charge on any atom is 0.410 e. The van der Waals surface area contributed by atoms with E-state index in [1.54, 1.807) is 11.1 Å². The summed E-state index contributed by atoms with van der Waals surface area (Å²) in [4.78, 5) is 37.0. The summed E-state index contributed by atoms with van der Waals surface area (Å²) in [6, 6.07) is 8.06. The number of hydrogen-bond acceptors (Lipinski definition) is 8. The quantitative estimate of drug-likeness (QED) is 0.666. The van der Waals surface area contributed by atoms with Crippen molar-refractivity contribution in [1.29, 1.82) is 0 Å². The smallest absolute Gasteiger partial charge is 0.410 e. The molecule has 0 unspecified atom stereocenters. The molecular formula is C25H34N6O4. The number of likely N-dealkylation sites (tertiary alicyclic amines) is 1. The van der Waals surface area contributed by atoms with Gasteiger partial charge in [0.15, 0.2) is 11.5 Å². The highest BCUT2D eigenvalue weighted by molar-refractivity contribution is 5.96. The molecule has 10 heteroatoms. The molecule has 4 rings (SSSR count). The third-order valence-corrected chi connectivity index (χ3v) is 6.12. The maximum atomic E-state index is 12.3. The van der Waals surface area contributed by atoms with E-state index in [1.165, 1.54) is 5.56 Å². The summed E-state index contributed by atoms with van der Waals surface area (Å²) in [6.45, 7) is 9.66. The summed E-state index contributed by atoms with van der Waals surface area (Å²) in [5.41, 5.74) is 7.14. The van der Waals surface area contributed by atoms with Crippen LogP contribution in [0.2, 0.25) is 0 Å². The average Bonchev–Trinajstić information content (AvgIpc) is 2.84. The van der Waals surface area contributed by atoms with Crippen LogP contribution in [0.3, 0.4) is 0 Å². The van der Waals surface area contributed by atoms with Gasteiger partial charge in [-0.15, -0.1) is 0 Å².